The predicted octanol–water partition coefficient (Wildman–Crippen LogP) is 8.55. The van der Waals surface area contributed by atoms with Gasteiger partial charge < -0.3 is 4.74 Å². The summed E-state index contributed by atoms with van der Waals surface area (Å²) in [5.74, 6) is 0.880. The smallest absolute Gasteiger partial charge is 0.120 e. The van der Waals surface area contributed by atoms with Crippen molar-refractivity contribution in [2.75, 3.05) is 6.61 Å². The number of unbranched alkanes of at least 4 members (excludes halogenated alkanes) is 1. The van der Waals surface area contributed by atoms with E-state index in [4.69, 9.17) is 4.74 Å². The van der Waals surface area contributed by atoms with Crippen molar-refractivity contribution in [1.29, 1.82) is 10.5 Å². The first kappa shape index (κ1) is 25.8. The van der Waals surface area contributed by atoms with E-state index in [1.54, 1.807) is 0 Å². The molecule has 0 saturated heterocycles. The first-order valence-corrected chi connectivity index (χ1v) is 14.2. The molecule has 0 spiro atoms. The van der Waals surface area contributed by atoms with Crippen molar-refractivity contribution in [2.45, 2.75) is 96.3 Å². The molecule has 2 aromatic carbocycles. The van der Waals surface area contributed by atoms with Crippen LogP contribution in [0.5, 0.6) is 5.75 Å². The molecule has 35 heavy (non-hydrogen) atoms. The second-order valence-electron chi connectivity index (χ2n) is 10.7. The largest absolute Gasteiger partial charge is 0.494 e. The molecular formula is C31H37BrN2O. The standard InChI is InChI=1S/C31H37BrN2O/c1-3-5-19-35-25-10-8-24(29(32)20-25)7-6-23-9-11-28(27(22-34)26(23)21-33)31-16-13-30(12-4-2,14-17-31)15-18-31/h8-11,20H,3-7,12-19H2,1-2H3. The first-order valence-electron chi connectivity index (χ1n) is 13.4. The third-order valence-electron chi connectivity index (χ3n) is 8.72. The lowest BCUT2D eigenvalue weighted by Crippen LogP contribution is -2.44. The molecule has 0 aliphatic heterocycles. The lowest BCUT2D eigenvalue weighted by molar-refractivity contribution is 0.0319. The summed E-state index contributed by atoms with van der Waals surface area (Å²) >= 11 is 3.70. The highest BCUT2D eigenvalue weighted by Gasteiger charge is 2.49. The molecule has 3 aliphatic rings. The lowest BCUT2D eigenvalue weighted by Gasteiger charge is -2.54. The molecule has 3 fully saturated rings. The van der Waals surface area contributed by atoms with Crippen LogP contribution in [-0.2, 0) is 18.3 Å². The average molecular weight is 534 g/mol. The fourth-order valence-electron chi connectivity index (χ4n) is 6.54. The Morgan fingerprint density at radius 2 is 1.51 bits per heavy atom. The number of nitrogens with zero attached hydrogens (tertiary/aromatic N) is 2. The van der Waals surface area contributed by atoms with Crippen molar-refractivity contribution >= 4 is 15.9 Å². The van der Waals surface area contributed by atoms with Crippen LogP contribution < -0.4 is 4.74 Å². The van der Waals surface area contributed by atoms with Gasteiger partial charge in [-0.25, -0.2) is 0 Å². The molecule has 2 aromatic rings. The highest BCUT2D eigenvalue weighted by molar-refractivity contribution is 9.10. The SMILES string of the molecule is CCCCOc1ccc(CCc2ccc(C34CCC(CCC)(CC3)CC4)c(C#N)c2C#N)c(Br)c1. The number of hydrogen-bond acceptors (Lipinski definition) is 3. The van der Waals surface area contributed by atoms with Gasteiger partial charge in [-0.1, -0.05) is 60.8 Å². The van der Waals surface area contributed by atoms with Gasteiger partial charge in [0.25, 0.3) is 0 Å². The van der Waals surface area contributed by atoms with E-state index in [1.165, 1.54) is 37.7 Å². The zero-order chi connectivity index (χ0) is 24.9. The molecule has 0 aromatic heterocycles. The van der Waals surface area contributed by atoms with Crippen LogP contribution in [0, 0.1) is 28.1 Å². The van der Waals surface area contributed by atoms with Gasteiger partial charge in [0.1, 0.15) is 17.9 Å². The fourth-order valence-corrected chi connectivity index (χ4v) is 7.09. The fraction of sp³-hybridized carbons (Fsp3) is 0.548. The minimum Gasteiger partial charge on any atom is -0.494 e. The van der Waals surface area contributed by atoms with Gasteiger partial charge in [0.2, 0.25) is 0 Å². The van der Waals surface area contributed by atoms with Crippen molar-refractivity contribution < 1.29 is 4.74 Å². The molecule has 0 amide bonds. The number of halogens is 1. The van der Waals surface area contributed by atoms with E-state index in [0.717, 1.165) is 72.9 Å². The van der Waals surface area contributed by atoms with Gasteiger partial charge in [0, 0.05) is 4.47 Å². The maximum Gasteiger partial charge on any atom is 0.120 e. The minimum absolute atomic E-state index is 0.0846. The first-order chi connectivity index (χ1) is 17.0. The number of nitriles is 2. The Morgan fingerprint density at radius 3 is 2.11 bits per heavy atom. The molecule has 3 saturated carbocycles. The summed E-state index contributed by atoms with van der Waals surface area (Å²) < 4.78 is 6.85. The Balaban J connectivity index is 1.52. The van der Waals surface area contributed by atoms with E-state index in [1.807, 2.05) is 12.1 Å². The molecule has 3 nitrogen and oxygen atoms in total. The highest BCUT2D eigenvalue weighted by Crippen LogP contribution is 2.60. The van der Waals surface area contributed by atoms with E-state index in [2.05, 4.69) is 60.1 Å². The average Bonchev–Trinajstić information content (AvgIpc) is 2.89. The molecule has 0 N–H and O–H groups in total. The van der Waals surface area contributed by atoms with Crippen LogP contribution in [-0.4, -0.2) is 6.61 Å². The summed E-state index contributed by atoms with van der Waals surface area (Å²) in [4.78, 5) is 0. The number of aryl methyl sites for hydroxylation is 2. The Bertz CT molecular complexity index is 1120. The van der Waals surface area contributed by atoms with Crippen molar-refractivity contribution in [3.05, 3.63) is 62.6 Å². The van der Waals surface area contributed by atoms with E-state index < -0.39 is 0 Å². The maximum atomic E-state index is 10.2. The van der Waals surface area contributed by atoms with Crippen LogP contribution >= 0.6 is 15.9 Å². The number of benzene rings is 2. The topological polar surface area (TPSA) is 56.8 Å². The van der Waals surface area contributed by atoms with Gasteiger partial charge >= 0.3 is 0 Å². The number of ether oxygens (including phenoxy) is 1. The van der Waals surface area contributed by atoms with Gasteiger partial charge in [0.05, 0.1) is 17.7 Å². The van der Waals surface area contributed by atoms with Crippen LogP contribution in [0.25, 0.3) is 0 Å². The van der Waals surface area contributed by atoms with Crippen molar-refractivity contribution in [3.8, 4) is 17.9 Å². The Morgan fingerprint density at radius 1 is 0.857 bits per heavy atom. The molecular weight excluding hydrogens is 496 g/mol. The molecule has 5 rings (SSSR count). The van der Waals surface area contributed by atoms with Gasteiger partial charge in [-0.05, 0) is 104 Å². The van der Waals surface area contributed by atoms with E-state index >= 15 is 0 Å². The quantitative estimate of drug-likeness (QED) is 0.288. The van der Waals surface area contributed by atoms with Gasteiger partial charge in [-0.15, -0.1) is 0 Å². The third-order valence-corrected chi connectivity index (χ3v) is 9.46. The van der Waals surface area contributed by atoms with Crippen LogP contribution in [0.4, 0.5) is 0 Å². The highest BCUT2D eigenvalue weighted by atomic mass is 79.9. The molecule has 3 aliphatic carbocycles. The van der Waals surface area contributed by atoms with E-state index in [9.17, 15) is 10.5 Å². The number of hydrogen-bond donors (Lipinski definition) is 0. The van der Waals surface area contributed by atoms with Crippen LogP contribution in [0.15, 0.2) is 34.8 Å². The Kier molecular flexibility index (Phi) is 8.23. The normalized spacial score (nSPS) is 23.0. The summed E-state index contributed by atoms with van der Waals surface area (Å²) in [5.41, 5.74) is 5.14. The zero-order valence-electron chi connectivity index (χ0n) is 21.3. The van der Waals surface area contributed by atoms with Crippen molar-refractivity contribution in [1.82, 2.24) is 0 Å². The summed E-state index contributed by atoms with van der Waals surface area (Å²) in [6, 6.07) is 15.3. The third kappa shape index (κ3) is 5.29. The van der Waals surface area contributed by atoms with Gasteiger partial charge in [-0.3, -0.25) is 0 Å². The van der Waals surface area contributed by atoms with Crippen molar-refractivity contribution in [3.63, 3.8) is 0 Å². The van der Waals surface area contributed by atoms with E-state index in [0.29, 0.717) is 16.5 Å². The summed E-state index contributed by atoms with van der Waals surface area (Å²) in [5, 5.41) is 20.3. The molecule has 4 heteroatoms. The number of fused-ring (bicyclic) bond motifs is 3. The van der Waals surface area contributed by atoms with Gasteiger partial charge in [-0.2, -0.15) is 10.5 Å². The minimum atomic E-state index is 0.0846. The molecule has 0 heterocycles. The molecule has 0 unspecified atom stereocenters. The summed E-state index contributed by atoms with van der Waals surface area (Å²) in [7, 11) is 0. The Labute approximate surface area is 219 Å². The van der Waals surface area contributed by atoms with Crippen LogP contribution in [0.2, 0.25) is 0 Å². The van der Waals surface area contributed by atoms with Crippen LogP contribution in [0.3, 0.4) is 0 Å². The summed E-state index contributed by atoms with van der Waals surface area (Å²) in [6.45, 7) is 5.19. The monoisotopic (exact) mass is 532 g/mol. The Hall–Kier alpha value is -2.30. The predicted molar refractivity (Wildman–Crippen MR) is 145 cm³/mol. The number of rotatable bonds is 10. The molecule has 184 valence electrons. The molecule has 2 bridgehead atoms. The van der Waals surface area contributed by atoms with Crippen LogP contribution in [0.1, 0.15) is 106 Å². The second-order valence-corrected chi connectivity index (χ2v) is 11.6. The van der Waals surface area contributed by atoms with Gasteiger partial charge in [0.15, 0.2) is 0 Å². The summed E-state index contributed by atoms with van der Waals surface area (Å²) in [6.07, 6.45) is 13.6. The lowest BCUT2D eigenvalue weighted by atomic mass is 9.50. The maximum absolute atomic E-state index is 10.2. The molecule has 0 radical (unpaired) electrons. The second kappa shape index (κ2) is 11.2. The molecule has 0 atom stereocenters. The van der Waals surface area contributed by atoms with Crippen molar-refractivity contribution in [2.24, 2.45) is 5.41 Å². The zero-order valence-corrected chi connectivity index (χ0v) is 22.8. The van der Waals surface area contributed by atoms with E-state index in [-0.39, 0.29) is 5.41 Å².